The van der Waals surface area contributed by atoms with Gasteiger partial charge in [0.15, 0.2) is 0 Å². The minimum atomic E-state index is 0.301. The predicted octanol–water partition coefficient (Wildman–Crippen LogP) is 4.35. The maximum absolute atomic E-state index is 5.97. The zero-order valence-corrected chi connectivity index (χ0v) is 10.5. The number of ether oxygens (including phenoxy) is 1. The Morgan fingerprint density at radius 1 is 1.44 bits per heavy atom. The zero-order chi connectivity index (χ0) is 11.4. The molecule has 1 heterocycles. The highest BCUT2D eigenvalue weighted by molar-refractivity contribution is 6.20. The maximum Gasteiger partial charge on any atom is 0.122 e. The quantitative estimate of drug-likeness (QED) is 0.709. The van der Waals surface area contributed by atoms with Crippen LogP contribution in [0.1, 0.15) is 44.1 Å². The Labute approximate surface area is 103 Å². The van der Waals surface area contributed by atoms with Gasteiger partial charge in [-0.15, -0.1) is 11.6 Å². The van der Waals surface area contributed by atoms with E-state index in [1.54, 1.807) is 0 Å². The molecule has 0 saturated heterocycles. The van der Waals surface area contributed by atoms with E-state index >= 15 is 0 Å². The monoisotopic (exact) mass is 238 g/mol. The second kappa shape index (κ2) is 5.58. The molecule has 0 amide bonds. The number of hydrogen-bond acceptors (Lipinski definition) is 1. The van der Waals surface area contributed by atoms with E-state index in [-0.39, 0.29) is 0 Å². The van der Waals surface area contributed by atoms with Gasteiger partial charge in [-0.2, -0.15) is 0 Å². The third-order valence-electron chi connectivity index (χ3n) is 3.24. The number of rotatable bonds is 4. The van der Waals surface area contributed by atoms with Crippen LogP contribution in [-0.4, -0.2) is 12.0 Å². The molecule has 0 aromatic heterocycles. The summed E-state index contributed by atoms with van der Waals surface area (Å²) in [5, 5.41) is 0.301. The summed E-state index contributed by atoms with van der Waals surface area (Å²) in [6, 6.07) is 8.42. The van der Waals surface area contributed by atoms with Gasteiger partial charge in [0.1, 0.15) is 5.75 Å². The SMILES string of the molecule is CC(Cl)CCCC1CCOc2ccccc21. The van der Waals surface area contributed by atoms with Gasteiger partial charge < -0.3 is 4.74 Å². The van der Waals surface area contributed by atoms with Crippen LogP contribution in [0.5, 0.6) is 5.75 Å². The molecule has 1 aromatic carbocycles. The Bertz CT molecular complexity index is 335. The van der Waals surface area contributed by atoms with Crippen molar-refractivity contribution in [3.63, 3.8) is 0 Å². The summed E-state index contributed by atoms with van der Waals surface area (Å²) in [7, 11) is 0. The van der Waals surface area contributed by atoms with E-state index in [4.69, 9.17) is 16.3 Å². The molecule has 2 rings (SSSR count). The van der Waals surface area contributed by atoms with Crippen molar-refractivity contribution in [1.29, 1.82) is 0 Å². The normalized spacial score (nSPS) is 21.0. The molecule has 2 unspecified atom stereocenters. The fourth-order valence-electron chi connectivity index (χ4n) is 2.36. The molecule has 0 bridgehead atoms. The molecule has 0 N–H and O–H groups in total. The molecule has 1 aliphatic rings. The standard InChI is InChI=1S/C14H19ClO/c1-11(15)5-4-6-12-9-10-16-14-8-3-2-7-13(12)14/h2-3,7-8,11-12H,4-6,9-10H2,1H3. The molecule has 1 nitrogen and oxygen atoms in total. The Kier molecular flexibility index (Phi) is 4.11. The summed E-state index contributed by atoms with van der Waals surface area (Å²) in [5.74, 6) is 1.75. The average molecular weight is 239 g/mol. The van der Waals surface area contributed by atoms with Gasteiger partial charge in [-0.1, -0.05) is 24.6 Å². The Hall–Kier alpha value is -0.690. The lowest BCUT2D eigenvalue weighted by Gasteiger charge is -2.25. The summed E-state index contributed by atoms with van der Waals surface area (Å²) < 4.78 is 5.66. The Morgan fingerprint density at radius 3 is 3.06 bits per heavy atom. The van der Waals surface area contributed by atoms with Gasteiger partial charge in [-0.05, 0) is 43.7 Å². The maximum atomic E-state index is 5.97. The van der Waals surface area contributed by atoms with Gasteiger partial charge in [0.2, 0.25) is 0 Å². The lowest BCUT2D eigenvalue weighted by molar-refractivity contribution is 0.261. The van der Waals surface area contributed by atoms with Crippen molar-refractivity contribution >= 4 is 11.6 Å². The fourth-order valence-corrected chi connectivity index (χ4v) is 2.52. The molecule has 2 atom stereocenters. The van der Waals surface area contributed by atoms with Crippen LogP contribution in [0.4, 0.5) is 0 Å². The van der Waals surface area contributed by atoms with Gasteiger partial charge in [0.25, 0.3) is 0 Å². The molecule has 0 saturated carbocycles. The topological polar surface area (TPSA) is 9.23 Å². The first-order chi connectivity index (χ1) is 7.77. The number of halogens is 1. The van der Waals surface area contributed by atoms with Gasteiger partial charge in [0.05, 0.1) is 6.61 Å². The first-order valence-electron chi connectivity index (χ1n) is 6.13. The fraction of sp³-hybridized carbons (Fsp3) is 0.571. The minimum absolute atomic E-state index is 0.301. The summed E-state index contributed by atoms with van der Waals surface area (Å²) in [4.78, 5) is 0. The van der Waals surface area contributed by atoms with Crippen molar-refractivity contribution in [3.05, 3.63) is 29.8 Å². The summed E-state index contributed by atoms with van der Waals surface area (Å²) in [6.45, 7) is 2.93. The van der Waals surface area contributed by atoms with Crippen LogP contribution in [0.15, 0.2) is 24.3 Å². The molecular weight excluding hydrogens is 220 g/mol. The van der Waals surface area contributed by atoms with Gasteiger partial charge in [0, 0.05) is 5.38 Å². The predicted molar refractivity (Wildman–Crippen MR) is 68.5 cm³/mol. The molecular formula is C14H19ClO. The first kappa shape index (κ1) is 11.8. The van der Waals surface area contributed by atoms with E-state index in [0.29, 0.717) is 11.3 Å². The first-order valence-corrected chi connectivity index (χ1v) is 6.57. The van der Waals surface area contributed by atoms with E-state index < -0.39 is 0 Å². The molecule has 0 fully saturated rings. The second-order valence-electron chi connectivity index (χ2n) is 4.58. The highest BCUT2D eigenvalue weighted by Crippen LogP contribution is 2.36. The summed E-state index contributed by atoms with van der Waals surface area (Å²) in [5.41, 5.74) is 1.39. The summed E-state index contributed by atoms with van der Waals surface area (Å²) in [6.07, 6.45) is 4.70. The molecule has 0 aliphatic carbocycles. The van der Waals surface area contributed by atoms with Gasteiger partial charge in [-0.3, -0.25) is 0 Å². The summed E-state index contributed by atoms with van der Waals surface area (Å²) >= 11 is 5.97. The number of benzene rings is 1. The van der Waals surface area contributed by atoms with Crippen LogP contribution in [0.25, 0.3) is 0 Å². The molecule has 0 spiro atoms. The lowest BCUT2D eigenvalue weighted by Crippen LogP contribution is -2.14. The average Bonchev–Trinajstić information content (AvgIpc) is 2.29. The van der Waals surface area contributed by atoms with Gasteiger partial charge in [-0.25, -0.2) is 0 Å². The van der Waals surface area contributed by atoms with Crippen LogP contribution in [0.3, 0.4) is 0 Å². The van der Waals surface area contributed by atoms with E-state index in [2.05, 4.69) is 25.1 Å². The number of hydrogen-bond donors (Lipinski definition) is 0. The van der Waals surface area contributed by atoms with Crippen molar-refractivity contribution in [1.82, 2.24) is 0 Å². The van der Waals surface area contributed by atoms with Gasteiger partial charge >= 0.3 is 0 Å². The highest BCUT2D eigenvalue weighted by atomic mass is 35.5. The van der Waals surface area contributed by atoms with Crippen LogP contribution >= 0.6 is 11.6 Å². The third-order valence-corrected chi connectivity index (χ3v) is 3.46. The van der Waals surface area contributed by atoms with Crippen LogP contribution in [0.2, 0.25) is 0 Å². The number of alkyl halides is 1. The van der Waals surface area contributed by atoms with Crippen molar-refractivity contribution in [2.75, 3.05) is 6.61 Å². The van der Waals surface area contributed by atoms with Crippen molar-refractivity contribution in [3.8, 4) is 5.75 Å². The van der Waals surface area contributed by atoms with Crippen LogP contribution in [-0.2, 0) is 0 Å². The third kappa shape index (κ3) is 2.91. The van der Waals surface area contributed by atoms with Crippen molar-refractivity contribution < 1.29 is 4.74 Å². The largest absolute Gasteiger partial charge is 0.493 e. The van der Waals surface area contributed by atoms with E-state index in [0.717, 1.165) is 25.2 Å². The molecule has 1 aliphatic heterocycles. The van der Waals surface area contributed by atoms with Crippen molar-refractivity contribution in [2.45, 2.75) is 43.9 Å². The van der Waals surface area contributed by atoms with Crippen molar-refractivity contribution in [2.24, 2.45) is 0 Å². The Balaban J connectivity index is 1.96. The molecule has 0 radical (unpaired) electrons. The molecule has 2 heteroatoms. The highest BCUT2D eigenvalue weighted by Gasteiger charge is 2.20. The number of para-hydroxylation sites is 1. The molecule has 16 heavy (non-hydrogen) atoms. The zero-order valence-electron chi connectivity index (χ0n) is 9.79. The van der Waals surface area contributed by atoms with E-state index in [9.17, 15) is 0 Å². The van der Waals surface area contributed by atoms with Crippen LogP contribution < -0.4 is 4.74 Å². The minimum Gasteiger partial charge on any atom is -0.493 e. The number of fused-ring (bicyclic) bond motifs is 1. The lowest BCUT2D eigenvalue weighted by atomic mass is 9.88. The molecule has 1 aromatic rings. The van der Waals surface area contributed by atoms with Crippen LogP contribution in [0, 0.1) is 0 Å². The smallest absolute Gasteiger partial charge is 0.122 e. The van der Waals surface area contributed by atoms with E-state index in [1.807, 2.05) is 6.07 Å². The molecule has 88 valence electrons. The van der Waals surface area contributed by atoms with E-state index in [1.165, 1.54) is 18.4 Å². The second-order valence-corrected chi connectivity index (χ2v) is 5.33. The Morgan fingerprint density at radius 2 is 2.25 bits per heavy atom.